The number of Topliss-reactive ketones (excluding diaryl/α,β-unsaturated/α-hetero) is 1. The van der Waals surface area contributed by atoms with Crippen LogP contribution in [-0.2, 0) is 6.54 Å². The van der Waals surface area contributed by atoms with Gasteiger partial charge in [0.2, 0.25) is 0 Å². The van der Waals surface area contributed by atoms with Gasteiger partial charge in [-0.3, -0.25) is 4.79 Å². The molecule has 0 aliphatic heterocycles. The third-order valence-corrected chi connectivity index (χ3v) is 4.83. The van der Waals surface area contributed by atoms with Crippen LogP contribution < -0.4 is 0 Å². The van der Waals surface area contributed by atoms with Crippen LogP contribution in [0, 0.1) is 5.82 Å². The van der Waals surface area contributed by atoms with Crippen molar-refractivity contribution in [1.82, 2.24) is 4.57 Å². The SMILES string of the molecule is CCCn1c(-c2ccc(F)cc2)c(-c2ccccc2)c(C(C)=O)c1C(C)C. The molecule has 3 aromatic rings. The van der Waals surface area contributed by atoms with Crippen molar-refractivity contribution in [2.45, 2.75) is 46.6 Å². The molecule has 0 radical (unpaired) electrons. The molecule has 2 aromatic carbocycles. The molecule has 0 spiro atoms. The minimum absolute atomic E-state index is 0.0655. The molecule has 3 rings (SSSR count). The average molecular weight is 363 g/mol. The molecule has 0 unspecified atom stereocenters. The van der Waals surface area contributed by atoms with E-state index >= 15 is 0 Å². The molecule has 0 saturated carbocycles. The Kier molecular flexibility index (Phi) is 5.59. The van der Waals surface area contributed by atoms with Crippen LogP contribution in [0.1, 0.15) is 56.1 Å². The maximum Gasteiger partial charge on any atom is 0.162 e. The lowest BCUT2D eigenvalue weighted by molar-refractivity contribution is 0.101. The van der Waals surface area contributed by atoms with E-state index in [1.54, 1.807) is 19.1 Å². The van der Waals surface area contributed by atoms with Gasteiger partial charge in [-0.15, -0.1) is 0 Å². The molecule has 2 nitrogen and oxygen atoms in total. The van der Waals surface area contributed by atoms with Crippen molar-refractivity contribution in [2.24, 2.45) is 0 Å². The fraction of sp³-hybridized carbons (Fsp3) is 0.292. The van der Waals surface area contributed by atoms with Gasteiger partial charge in [0.05, 0.1) is 5.69 Å². The lowest BCUT2D eigenvalue weighted by atomic mass is 9.93. The fourth-order valence-corrected chi connectivity index (χ4v) is 3.84. The first-order chi connectivity index (χ1) is 13.0. The third kappa shape index (κ3) is 3.59. The monoisotopic (exact) mass is 363 g/mol. The lowest BCUT2D eigenvalue weighted by Gasteiger charge is -2.16. The second kappa shape index (κ2) is 7.91. The molecule has 27 heavy (non-hydrogen) atoms. The highest BCUT2D eigenvalue weighted by molar-refractivity contribution is 6.06. The van der Waals surface area contributed by atoms with E-state index < -0.39 is 0 Å². The van der Waals surface area contributed by atoms with E-state index in [1.165, 1.54) is 12.1 Å². The molecule has 0 aliphatic rings. The number of ketones is 1. The Balaban J connectivity index is 2.46. The average Bonchev–Trinajstić information content (AvgIpc) is 2.99. The Morgan fingerprint density at radius 2 is 1.63 bits per heavy atom. The second-order valence-corrected chi connectivity index (χ2v) is 7.22. The molecule has 1 heterocycles. The van der Waals surface area contributed by atoms with Gasteiger partial charge in [0, 0.05) is 23.4 Å². The van der Waals surface area contributed by atoms with Crippen LogP contribution in [0.2, 0.25) is 0 Å². The van der Waals surface area contributed by atoms with Crippen LogP contribution >= 0.6 is 0 Å². The van der Waals surface area contributed by atoms with Gasteiger partial charge < -0.3 is 4.57 Å². The molecule has 140 valence electrons. The van der Waals surface area contributed by atoms with Crippen molar-refractivity contribution in [3.05, 3.63) is 71.7 Å². The molecule has 3 heteroatoms. The molecule has 0 bridgehead atoms. The highest BCUT2D eigenvalue weighted by atomic mass is 19.1. The largest absolute Gasteiger partial charge is 0.343 e. The predicted molar refractivity (Wildman–Crippen MR) is 110 cm³/mol. The van der Waals surface area contributed by atoms with Crippen molar-refractivity contribution < 1.29 is 9.18 Å². The summed E-state index contributed by atoms with van der Waals surface area (Å²) in [5.74, 6) is 0.00682. The highest BCUT2D eigenvalue weighted by Crippen LogP contribution is 2.42. The van der Waals surface area contributed by atoms with Gasteiger partial charge in [-0.25, -0.2) is 4.39 Å². The van der Waals surface area contributed by atoms with E-state index in [0.717, 1.165) is 46.6 Å². The maximum absolute atomic E-state index is 13.6. The minimum atomic E-state index is -0.260. The number of carbonyl (C=O) groups excluding carboxylic acids is 1. The van der Waals surface area contributed by atoms with Gasteiger partial charge in [0.1, 0.15) is 5.82 Å². The van der Waals surface area contributed by atoms with Crippen molar-refractivity contribution in [2.75, 3.05) is 0 Å². The fourth-order valence-electron chi connectivity index (χ4n) is 3.84. The normalized spacial score (nSPS) is 11.2. The number of carbonyl (C=O) groups is 1. The first-order valence-electron chi connectivity index (χ1n) is 9.54. The quantitative estimate of drug-likeness (QED) is 0.447. The Morgan fingerprint density at radius 3 is 2.15 bits per heavy atom. The van der Waals surface area contributed by atoms with Crippen LogP contribution in [0.5, 0.6) is 0 Å². The molecule has 0 saturated heterocycles. The molecule has 1 aromatic heterocycles. The summed E-state index contributed by atoms with van der Waals surface area (Å²) in [6.45, 7) is 8.83. The number of nitrogens with zero attached hydrogens (tertiary/aromatic N) is 1. The van der Waals surface area contributed by atoms with E-state index in [2.05, 4.69) is 25.3 Å². The van der Waals surface area contributed by atoms with Gasteiger partial charge in [0.15, 0.2) is 5.78 Å². The third-order valence-electron chi connectivity index (χ3n) is 4.83. The zero-order valence-electron chi connectivity index (χ0n) is 16.4. The standard InChI is InChI=1S/C24H26FNO/c1-5-15-26-23(16(2)3)21(17(4)27)22(18-9-7-6-8-10-18)24(26)19-11-13-20(25)14-12-19/h6-14,16H,5,15H2,1-4H3. The van der Waals surface area contributed by atoms with E-state index in [4.69, 9.17) is 0 Å². The van der Waals surface area contributed by atoms with E-state index in [-0.39, 0.29) is 17.5 Å². The smallest absolute Gasteiger partial charge is 0.162 e. The molecule has 0 aliphatic carbocycles. The minimum Gasteiger partial charge on any atom is -0.343 e. The topological polar surface area (TPSA) is 22.0 Å². The Morgan fingerprint density at radius 1 is 1.00 bits per heavy atom. The summed E-state index contributed by atoms with van der Waals surface area (Å²) in [6, 6.07) is 16.6. The van der Waals surface area contributed by atoms with Crippen molar-refractivity contribution >= 4 is 5.78 Å². The van der Waals surface area contributed by atoms with E-state index in [1.807, 2.05) is 30.3 Å². The van der Waals surface area contributed by atoms with Crippen LogP contribution in [0.15, 0.2) is 54.6 Å². The van der Waals surface area contributed by atoms with Gasteiger partial charge in [0.25, 0.3) is 0 Å². The van der Waals surface area contributed by atoms with Crippen molar-refractivity contribution in [1.29, 1.82) is 0 Å². The first kappa shape index (κ1) is 19.1. The highest BCUT2D eigenvalue weighted by Gasteiger charge is 2.28. The van der Waals surface area contributed by atoms with Crippen LogP contribution in [-0.4, -0.2) is 10.4 Å². The van der Waals surface area contributed by atoms with Gasteiger partial charge in [-0.2, -0.15) is 0 Å². The van der Waals surface area contributed by atoms with Crippen LogP contribution in [0.3, 0.4) is 0 Å². The number of halogens is 1. The summed E-state index contributed by atoms with van der Waals surface area (Å²) in [4.78, 5) is 12.7. The van der Waals surface area contributed by atoms with Gasteiger partial charge >= 0.3 is 0 Å². The second-order valence-electron chi connectivity index (χ2n) is 7.22. The summed E-state index contributed by atoms with van der Waals surface area (Å²) >= 11 is 0. The van der Waals surface area contributed by atoms with E-state index in [0.29, 0.717) is 0 Å². The Labute approximate surface area is 160 Å². The predicted octanol–water partition coefficient (Wildman–Crippen LogP) is 6.70. The summed E-state index contributed by atoms with van der Waals surface area (Å²) in [5, 5.41) is 0. The van der Waals surface area contributed by atoms with Crippen LogP contribution in [0.25, 0.3) is 22.4 Å². The lowest BCUT2D eigenvalue weighted by Crippen LogP contribution is -2.08. The number of aromatic nitrogens is 1. The van der Waals surface area contributed by atoms with Crippen LogP contribution in [0.4, 0.5) is 4.39 Å². The summed E-state index contributed by atoms with van der Waals surface area (Å²) in [6.07, 6.45) is 0.953. The zero-order valence-corrected chi connectivity index (χ0v) is 16.4. The number of benzene rings is 2. The van der Waals surface area contributed by atoms with Crippen molar-refractivity contribution in [3.63, 3.8) is 0 Å². The summed E-state index contributed by atoms with van der Waals surface area (Å²) in [7, 11) is 0. The molecule has 0 fully saturated rings. The zero-order chi connectivity index (χ0) is 19.6. The molecular weight excluding hydrogens is 337 g/mol. The number of rotatable bonds is 6. The maximum atomic E-state index is 13.6. The summed E-state index contributed by atoms with van der Waals surface area (Å²) < 4.78 is 15.8. The number of hydrogen-bond acceptors (Lipinski definition) is 1. The first-order valence-corrected chi connectivity index (χ1v) is 9.54. The molecule has 0 amide bonds. The van der Waals surface area contributed by atoms with Crippen molar-refractivity contribution in [3.8, 4) is 22.4 Å². The van der Waals surface area contributed by atoms with Gasteiger partial charge in [-0.1, -0.05) is 51.1 Å². The Hall–Kier alpha value is -2.68. The van der Waals surface area contributed by atoms with E-state index in [9.17, 15) is 9.18 Å². The molecular formula is C24H26FNO. The Bertz CT molecular complexity index is 937. The molecule has 0 N–H and O–H groups in total. The summed E-state index contributed by atoms with van der Waals surface area (Å²) in [5.41, 5.74) is 5.73. The van der Waals surface area contributed by atoms with Gasteiger partial charge in [-0.05, 0) is 54.7 Å². The number of hydrogen-bond donors (Lipinski definition) is 0. The molecule has 0 atom stereocenters.